The molecule has 2 heterocycles. The summed E-state index contributed by atoms with van der Waals surface area (Å²) in [6.45, 7) is 4.90. The van der Waals surface area contributed by atoms with E-state index in [2.05, 4.69) is 83.4 Å². The van der Waals surface area contributed by atoms with Gasteiger partial charge >= 0.3 is 5.97 Å². The van der Waals surface area contributed by atoms with Crippen LogP contribution >= 0.6 is 11.8 Å². The average Bonchev–Trinajstić information content (AvgIpc) is 3.11. The molecule has 1 N–H and O–H groups in total. The Bertz CT molecular complexity index is 1080. The highest BCUT2D eigenvalue weighted by molar-refractivity contribution is 8.03. The molecule has 0 bridgehead atoms. The first kappa shape index (κ1) is 22.9. The molecule has 1 aliphatic rings. The highest BCUT2D eigenvalue weighted by Crippen LogP contribution is 2.45. The fraction of sp³-hybridized carbons (Fsp3) is 0.308. The molecule has 0 spiro atoms. The third kappa shape index (κ3) is 5.47. The summed E-state index contributed by atoms with van der Waals surface area (Å²) in [4.78, 5) is 14.2. The minimum Gasteiger partial charge on any atom is -0.481 e. The van der Waals surface area contributed by atoms with E-state index in [4.69, 9.17) is 5.11 Å². The van der Waals surface area contributed by atoms with Crippen LogP contribution in [0.1, 0.15) is 45.1 Å². The molecule has 0 aliphatic carbocycles. The normalized spacial score (nSPS) is 13.8. The minimum absolute atomic E-state index is 0.255. The van der Waals surface area contributed by atoms with E-state index >= 15 is 0 Å². The molecule has 3 aromatic rings. The van der Waals surface area contributed by atoms with Crippen molar-refractivity contribution in [3.05, 3.63) is 71.4 Å². The van der Waals surface area contributed by atoms with Crippen molar-refractivity contribution in [2.24, 2.45) is 0 Å². The van der Waals surface area contributed by atoms with Gasteiger partial charge in [-0.1, -0.05) is 49.9 Å². The number of anilines is 1. The molecule has 0 radical (unpaired) electrons. The molecule has 4 nitrogen and oxygen atoms in total. The van der Waals surface area contributed by atoms with Crippen molar-refractivity contribution in [1.29, 1.82) is 0 Å². The Morgan fingerprint density at radius 2 is 1.77 bits per heavy atom. The molecule has 162 valence electrons. The van der Waals surface area contributed by atoms with Crippen LogP contribution in [0.15, 0.2) is 70.7 Å². The van der Waals surface area contributed by atoms with E-state index in [0.717, 1.165) is 25.8 Å². The minimum atomic E-state index is -0.711. The second-order valence-electron chi connectivity index (χ2n) is 7.30. The quantitative estimate of drug-likeness (QED) is 0.347. The monoisotopic (exact) mass is 435 g/mol. The Hall–Kier alpha value is -2.79. The number of carboxylic acid groups (broad SMARTS) is 1. The van der Waals surface area contributed by atoms with Crippen LogP contribution in [0.4, 0.5) is 5.69 Å². The number of hydrogen-bond acceptors (Lipinski definition) is 3. The Balaban J connectivity index is 0.00000132. The number of rotatable bonds is 7. The standard InChI is InChI=1S/C24H24N2O2S.C2H6/c1-25-21-11-6-7-12-22(21)29-23(25)17-18-14-16-26(15-8-2-3-13-24(27)28)20-10-5-4-9-19(18)20;1-2/h4-7,9-12,14,16-17H,2-3,8,13,15H2,1H3;1-2H3/p+1. The topological polar surface area (TPSA) is 44.4 Å². The second kappa shape index (κ2) is 11.0. The number of carboxylic acids is 1. The van der Waals surface area contributed by atoms with E-state index in [0.29, 0.717) is 0 Å². The number of thioether (sulfide) groups is 1. The lowest BCUT2D eigenvalue weighted by atomic mass is 10.1. The smallest absolute Gasteiger partial charge is 0.303 e. The highest BCUT2D eigenvalue weighted by Gasteiger charge is 2.22. The number of aryl methyl sites for hydroxylation is 1. The summed E-state index contributed by atoms with van der Waals surface area (Å²) in [6.07, 6.45) is 7.33. The van der Waals surface area contributed by atoms with E-state index < -0.39 is 5.97 Å². The summed E-state index contributed by atoms with van der Waals surface area (Å²) in [5.74, 6) is -0.711. The molecular weight excluding hydrogens is 404 g/mol. The second-order valence-corrected chi connectivity index (χ2v) is 8.36. The van der Waals surface area contributed by atoms with Gasteiger partial charge in [-0.2, -0.15) is 4.57 Å². The highest BCUT2D eigenvalue weighted by atomic mass is 32.2. The van der Waals surface area contributed by atoms with Gasteiger partial charge < -0.3 is 10.0 Å². The number of carbonyl (C=O) groups is 1. The van der Waals surface area contributed by atoms with E-state index in [1.807, 2.05) is 13.8 Å². The molecule has 0 fully saturated rings. The van der Waals surface area contributed by atoms with Crippen molar-refractivity contribution >= 4 is 40.4 Å². The Morgan fingerprint density at radius 1 is 1.03 bits per heavy atom. The molecule has 2 aromatic carbocycles. The van der Waals surface area contributed by atoms with Crippen LogP contribution in [0.3, 0.4) is 0 Å². The van der Waals surface area contributed by atoms with Gasteiger partial charge in [0.1, 0.15) is 6.54 Å². The van der Waals surface area contributed by atoms with Crippen LogP contribution in [0.25, 0.3) is 17.0 Å². The predicted molar refractivity (Wildman–Crippen MR) is 130 cm³/mol. The van der Waals surface area contributed by atoms with Gasteiger partial charge in [-0.3, -0.25) is 4.79 Å². The fourth-order valence-corrected chi connectivity index (χ4v) is 4.85. The van der Waals surface area contributed by atoms with Crippen molar-refractivity contribution in [2.45, 2.75) is 51.0 Å². The molecule has 0 saturated carbocycles. The van der Waals surface area contributed by atoms with Crippen LogP contribution in [0, 0.1) is 0 Å². The molecule has 4 rings (SSSR count). The van der Waals surface area contributed by atoms with E-state index in [1.165, 1.54) is 32.1 Å². The lowest BCUT2D eigenvalue weighted by Crippen LogP contribution is -2.34. The largest absolute Gasteiger partial charge is 0.481 e. The molecule has 31 heavy (non-hydrogen) atoms. The molecule has 1 aromatic heterocycles. The van der Waals surface area contributed by atoms with Crippen LogP contribution in [0.5, 0.6) is 0 Å². The third-order valence-corrected chi connectivity index (χ3v) is 6.46. The van der Waals surface area contributed by atoms with Crippen molar-refractivity contribution in [3.8, 4) is 0 Å². The fourth-order valence-electron chi connectivity index (χ4n) is 3.74. The summed E-state index contributed by atoms with van der Waals surface area (Å²) in [6, 6.07) is 19.2. The van der Waals surface area contributed by atoms with Gasteiger partial charge in [0.2, 0.25) is 5.52 Å². The average molecular weight is 436 g/mol. The van der Waals surface area contributed by atoms with Crippen LogP contribution < -0.4 is 9.47 Å². The number of pyridine rings is 1. The number of unbranched alkanes of at least 4 members (excludes halogenated alkanes) is 2. The first-order valence-electron chi connectivity index (χ1n) is 11.0. The van der Waals surface area contributed by atoms with E-state index in [9.17, 15) is 4.79 Å². The maximum atomic E-state index is 10.7. The number of benzene rings is 2. The molecule has 0 unspecified atom stereocenters. The lowest BCUT2D eigenvalue weighted by Gasteiger charge is -2.13. The Kier molecular flexibility index (Phi) is 8.13. The molecule has 0 atom stereocenters. The van der Waals surface area contributed by atoms with Crippen molar-refractivity contribution in [3.63, 3.8) is 0 Å². The number of aromatic nitrogens is 1. The third-order valence-electron chi connectivity index (χ3n) is 5.30. The van der Waals surface area contributed by atoms with Gasteiger partial charge in [0.15, 0.2) is 6.20 Å². The molecule has 0 saturated heterocycles. The zero-order chi connectivity index (χ0) is 22.2. The Morgan fingerprint density at radius 3 is 2.55 bits per heavy atom. The maximum Gasteiger partial charge on any atom is 0.303 e. The number of aliphatic carboxylic acids is 1. The summed E-state index contributed by atoms with van der Waals surface area (Å²) in [5.41, 5.74) is 3.67. The number of para-hydroxylation sites is 2. The van der Waals surface area contributed by atoms with E-state index in [-0.39, 0.29) is 6.42 Å². The van der Waals surface area contributed by atoms with Crippen molar-refractivity contribution in [2.75, 3.05) is 11.9 Å². The van der Waals surface area contributed by atoms with Crippen LogP contribution in [-0.4, -0.2) is 18.1 Å². The molecule has 1 aliphatic heterocycles. The number of nitrogens with zero attached hydrogens (tertiary/aromatic N) is 2. The van der Waals surface area contributed by atoms with Gasteiger partial charge in [0.25, 0.3) is 0 Å². The molecule has 5 heteroatoms. The first-order valence-corrected chi connectivity index (χ1v) is 11.8. The number of fused-ring (bicyclic) bond motifs is 2. The van der Waals surface area contributed by atoms with Crippen LogP contribution in [0.2, 0.25) is 0 Å². The first-order chi connectivity index (χ1) is 15.1. The van der Waals surface area contributed by atoms with Gasteiger partial charge in [0, 0.05) is 36.9 Å². The molecule has 0 amide bonds. The summed E-state index contributed by atoms with van der Waals surface area (Å²) < 4.78 is 2.28. The Labute approximate surface area is 189 Å². The van der Waals surface area contributed by atoms with Gasteiger partial charge in [0.05, 0.1) is 16.1 Å². The van der Waals surface area contributed by atoms with Crippen molar-refractivity contribution in [1.82, 2.24) is 0 Å². The van der Waals surface area contributed by atoms with Crippen LogP contribution in [-0.2, 0) is 11.3 Å². The van der Waals surface area contributed by atoms with Crippen molar-refractivity contribution < 1.29 is 14.5 Å². The summed E-state index contributed by atoms with van der Waals surface area (Å²) >= 11 is 1.81. The summed E-state index contributed by atoms with van der Waals surface area (Å²) in [5, 5.41) is 11.2. The van der Waals surface area contributed by atoms with E-state index in [1.54, 1.807) is 11.8 Å². The zero-order valence-electron chi connectivity index (χ0n) is 18.5. The van der Waals surface area contributed by atoms with Gasteiger partial charge in [-0.25, -0.2) is 0 Å². The summed E-state index contributed by atoms with van der Waals surface area (Å²) in [7, 11) is 2.12. The maximum absolute atomic E-state index is 10.7. The number of hydrogen-bond donors (Lipinski definition) is 1. The van der Waals surface area contributed by atoms with Gasteiger partial charge in [-0.15, -0.1) is 0 Å². The van der Waals surface area contributed by atoms with Gasteiger partial charge in [-0.05, 0) is 42.7 Å². The SMILES string of the molecule is CC.CN1C(=Cc2cc[n+](CCCCCC(=O)O)c3ccccc23)Sc2ccccc21. The predicted octanol–water partition coefficient (Wildman–Crippen LogP) is 6.34. The molecular formula is C26H31N2O2S+. The lowest BCUT2D eigenvalue weighted by molar-refractivity contribution is -0.671. The zero-order valence-corrected chi connectivity index (χ0v) is 19.4.